The molecule has 1 fully saturated rings. The number of fused-ring (bicyclic) bond motifs is 1. The van der Waals surface area contributed by atoms with Crippen molar-refractivity contribution in [2.24, 2.45) is 5.92 Å². The summed E-state index contributed by atoms with van der Waals surface area (Å²) in [6, 6.07) is 23.4. The number of carboxylic acid groups (broad SMARTS) is 1. The van der Waals surface area contributed by atoms with Crippen molar-refractivity contribution in [3.63, 3.8) is 0 Å². The summed E-state index contributed by atoms with van der Waals surface area (Å²) in [5.74, 6) is 0.0847. The Balaban J connectivity index is 0.00000272. The number of aliphatic carboxylic acids is 1. The van der Waals surface area contributed by atoms with Crippen LogP contribution in [0.2, 0.25) is 0 Å². The maximum absolute atomic E-state index is 11.1. The number of benzene rings is 3. The lowest BCUT2D eigenvalue weighted by atomic mass is 9.96. The first-order valence-electron chi connectivity index (χ1n) is 10.8. The third kappa shape index (κ3) is 6.46. The normalized spacial score (nSPS) is 14.8. The van der Waals surface area contributed by atoms with Crippen molar-refractivity contribution in [1.82, 2.24) is 4.90 Å². The van der Waals surface area contributed by atoms with E-state index in [9.17, 15) is 4.79 Å². The number of carboxylic acids is 1. The van der Waals surface area contributed by atoms with Gasteiger partial charge in [0.1, 0.15) is 5.75 Å². The molecule has 5 heteroatoms. The van der Waals surface area contributed by atoms with Gasteiger partial charge >= 0.3 is 5.97 Å². The highest BCUT2D eigenvalue weighted by molar-refractivity contribution is 5.85. The molecule has 1 saturated heterocycles. The molecular formula is C26H30ClNO3. The van der Waals surface area contributed by atoms with E-state index >= 15 is 0 Å². The van der Waals surface area contributed by atoms with Crippen LogP contribution < -0.4 is 4.74 Å². The summed E-state index contributed by atoms with van der Waals surface area (Å²) >= 11 is 0. The van der Waals surface area contributed by atoms with Crippen molar-refractivity contribution in [2.45, 2.75) is 32.2 Å². The molecule has 1 N–H and O–H groups in total. The second kappa shape index (κ2) is 11.2. The first-order valence-corrected chi connectivity index (χ1v) is 10.8. The maximum atomic E-state index is 11.1. The van der Waals surface area contributed by atoms with E-state index in [-0.39, 0.29) is 18.3 Å². The molecule has 1 aliphatic rings. The number of hydrogen-bond acceptors (Lipinski definition) is 3. The van der Waals surface area contributed by atoms with E-state index in [1.54, 1.807) is 0 Å². The number of rotatable bonds is 8. The number of halogens is 1. The molecule has 1 aliphatic heterocycles. The topological polar surface area (TPSA) is 49.8 Å². The van der Waals surface area contributed by atoms with Crippen LogP contribution in [0.1, 0.15) is 30.4 Å². The van der Waals surface area contributed by atoms with E-state index < -0.39 is 5.97 Å². The fraction of sp³-hybridized carbons (Fsp3) is 0.346. The molecule has 0 aromatic heterocycles. The summed E-state index contributed by atoms with van der Waals surface area (Å²) in [5.41, 5.74) is 2.62. The molecule has 4 nitrogen and oxygen atoms in total. The molecule has 0 saturated carbocycles. The van der Waals surface area contributed by atoms with Crippen molar-refractivity contribution in [3.8, 4) is 5.75 Å². The third-order valence-electron chi connectivity index (χ3n) is 5.94. The number of carbonyl (C=O) groups is 1. The van der Waals surface area contributed by atoms with E-state index in [1.807, 2.05) is 12.1 Å². The molecular weight excluding hydrogens is 410 g/mol. The van der Waals surface area contributed by atoms with Crippen LogP contribution in [0.4, 0.5) is 0 Å². The lowest BCUT2D eigenvalue weighted by molar-refractivity contribution is -0.143. The van der Waals surface area contributed by atoms with Crippen molar-refractivity contribution in [3.05, 3.63) is 77.9 Å². The van der Waals surface area contributed by atoms with Gasteiger partial charge in [-0.2, -0.15) is 0 Å². The highest BCUT2D eigenvalue weighted by Gasteiger charge is 2.24. The molecule has 0 unspecified atom stereocenters. The Morgan fingerprint density at radius 1 is 0.935 bits per heavy atom. The van der Waals surface area contributed by atoms with Crippen LogP contribution in [-0.2, 0) is 17.8 Å². The zero-order valence-electron chi connectivity index (χ0n) is 17.7. The van der Waals surface area contributed by atoms with Crippen molar-refractivity contribution in [2.75, 3.05) is 19.7 Å². The van der Waals surface area contributed by atoms with E-state index in [0.717, 1.165) is 51.1 Å². The van der Waals surface area contributed by atoms with Gasteiger partial charge in [0.15, 0.2) is 0 Å². The second-order valence-electron chi connectivity index (χ2n) is 8.17. The minimum absolute atomic E-state index is 0. The minimum Gasteiger partial charge on any atom is -0.494 e. The Bertz CT molecular complexity index is 984. The maximum Gasteiger partial charge on any atom is 0.306 e. The number of aryl methyl sites for hydroxylation is 1. The van der Waals surface area contributed by atoms with E-state index in [1.165, 1.54) is 21.9 Å². The fourth-order valence-corrected chi connectivity index (χ4v) is 4.17. The van der Waals surface area contributed by atoms with Crippen molar-refractivity contribution >= 4 is 29.1 Å². The molecule has 0 spiro atoms. The molecule has 164 valence electrons. The highest BCUT2D eigenvalue weighted by Crippen LogP contribution is 2.24. The van der Waals surface area contributed by atoms with Gasteiger partial charge in [0.05, 0.1) is 12.5 Å². The minimum atomic E-state index is -0.654. The Morgan fingerprint density at radius 3 is 2.39 bits per heavy atom. The SMILES string of the molecule is Cl.O=C(O)C1CCN(Cc2ccc3cc(OCCCc4ccccc4)ccc3c2)CC1. The first-order chi connectivity index (χ1) is 14.7. The quantitative estimate of drug-likeness (QED) is 0.466. The molecule has 3 aromatic carbocycles. The zero-order valence-corrected chi connectivity index (χ0v) is 18.5. The van der Waals surface area contributed by atoms with Crippen LogP contribution in [0.5, 0.6) is 5.75 Å². The summed E-state index contributed by atoms with van der Waals surface area (Å²) in [7, 11) is 0. The average molecular weight is 440 g/mol. The van der Waals surface area contributed by atoms with Crippen LogP contribution in [0.25, 0.3) is 10.8 Å². The predicted octanol–water partition coefficient (Wildman–Crippen LogP) is 5.57. The van der Waals surface area contributed by atoms with Gasteiger partial charge in [-0.05, 0) is 78.9 Å². The van der Waals surface area contributed by atoms with E-state index in [2.05, 4.69) is 59.5 Å². The molecule has 4 rings (SSSR count). The summed E-state index contributed by atoms with van der Waals surface area (Å²) in [4.78, 5) is 13.5. The van der Waals surface area contributed by atoms with Crippen molar-refractivity contribution in [1.29, 1.82) is 0 Å². The largest absolute Gasteiger partial charge is 0.494 e. The molecule has 1 heterocycles. The lowest BCUT2D eigenvalue weighted by Gasteiger charge is -2.30. The van der Waals surface area contributed by atoms with Gasteiger partial charge in [-0.1, -0.05) is 48.5 Å². The Morgan fingerprint density at radius 2 is 1.65 bits per heavy atom. The van der Waals surface area contributed by atoms with Gasteiger partial charge in [-0.25, -0.2) is 0 Å². The van der Waals surface area contributed by atoms with Crippen LogP contribution in [0.15, 0.2) is 66.7 Å². The zero-order chi connectivity index (χ0) is 20.8. The molecule has 0 radical (unpaired) electrons. The van der Waals surface area contributed by atoms with Crippen LogP contribution in [-0.4, -0.2) is 35.7 Å². The standard InChI is InChI=1S/C26H29NO3.ClH/c28-26(29)22-12-14-27(15-13-22)19-21-8-9-24-18-25(11-10-23(24)17-21)30-16-4-7-20-5-2-1-3-6-20;/h1-3,5-6,8-11,17-18,22H,4,7,12-16,19H2,(H,28,29);1H. The molecule has 0 bridgehead atoms. The molecule has 0 atom stereocenters. The Kier molecular flexibility index (Phi) is 8.33. The van der Waals surface area contributed by atoms with Gasteiger partial charge in [-0.15, -0.1) is 12.4 Å². The highest BCUT2D eigenvalue weighted by atomic mass is 35.5. The molecule has 0 amide bonds. The first kappa shape index (κ1) is 23.1. The summed E-state index contributed by atoms with van der Waals surface area (Å²) in [6.45, 7) is 3.29. The number of hydrogen-bond donors (Lipinski definition) is 1. The van der Waals surface area contributed by atoms with Gasteiger partial charge in [0, 0.05) is 6.54 Å². The molecule has 0 aliphatic carbocycles. The smallest absolute Gasteiger partial charge is 0.306 e. The number of piperidine rings is 1. The molecule has 31 heavy (non-hydrogen) atoms. The summed E-state index contributed by atoms with van der Waals surface area (Å²) in [5, 5.41) is 11.5. The van der Waals surface area contributed by atoms with Gasteiger partial charge in [0.2, 0.25) is 0 Å². The van der Waals surface area contributed by atoms with E-state index in [0.29, 0.717) is 6.61 Å². The monoisotopic (exact) mass is 439 g/mol. The Hall–Kier alpha value is -2.56. The van der Waals surface area contributed by atoms with Crippen LogP contribution in [0, 0.1) is 5.92 Å². The number of nitrogens with zero attached hydrogens (tertiary/aromatic N) is 1. The van der Waals surface area contributed by atoms with Crippen LogP contribution >= 0.6 is 12.4 Å². The van der Waals surface area contributed by atoms with Crippen molar-refractivity contribution < 1.29 is 14.6 Å². The second-order valence-corrected chi connectivity index (χ2v) is 8.17. The van der Waals surface area contributed by atoms with E-state index in [4.69, 9.17) is 9.84 Å². The van der Waals surface area contributed by atoms with Crippen LogP contribution in [0.3, 0.4) is 0 Å². The Labute approximate surface area is 190 Å². The summed E-state index contributed by atoms with van der Waals surface area (Å²) < 4.78 is 5.96. The fourth-order valence-electron chi connectivity index (χ4n) is 4.17. The average Bonchev–Trinajstić information content (AvgIpc) is 2.78. The van der Waals surface area contributed by atoms with Gasteiger partial charge < -0.3 is 9.84 Å². The third-order valence-corrected chi connectivity index (χ3v) is 5.94. The lowest BCUT2D eigenvalue weighted by Crippen LogP contribution is -2.35. The summed E-state index contributed by atoms with van der Waals surface area (Å²) in [6.07, 6.45) is 3.52. The number of ether oxygens (including phenoxy) is 1. The predicted molar refractivity (Wildman–Crippen MR) is 127 cm³/mol. The van der Waals surface area contributed by atoms with Gasteiger partial charge in [-0.3, -0.25) is 9.69 Å². The number of likely N-dealkylation sites (tertiary alicyclic amines) is 1. The van der Waals surface area contributed by atoms with Gasteiger partial charge in [0.25, 0.3) is 0 Å². The molecule has 3 aromatic rings.